The van der Waals surface area contributed by atoms with E-state index in [4.69, 9.17) is 10.1 Å². The molecule has 1 atom stereocenters. The summed E-state index contributed by atoms with van der Waals surface area (Å²) in [7, 11) is 0. The Kier molecular flexibility index (Phi) is 4.54. The van der Waals surface area contributed by atoms with Crippen molar-refractivity contribution in [3.63, 3.8) is 0 Å². The zero-order chi connectivity index (χ0) is 11.1. The van der Waals surface area contributed by atoms with Crippen molar-refractivity contribution >= 4 is 12.2 Å². The fraction of sp³-hybridized carbons (Fsp3) is 0.333. The van der Waals surface area contributed by atoms with Gasteiger partial charge in [0.05, 0.1) is 6.42 Å². The SMILES string of the molecule is CCC(C=N)OC(=O)Cc1ccccc1. The number of hydrogen-bond acceptors (Lipinski definition) is 3. The van der Waals surface area contributed by atoms with Crippen LogP contribution < -0.4 is 0 Å². The molecule has 0 aliphatic heterocycles. The minimum Gasteiger partial charge on any atom is -0.456 e. The van der Waals surface area contributed by atoms with Crippen LogP contribution in [0.5, 0.6) is 0 Å². The summed E-state index contributed by atoms with van der Waals surface area (Å²) in [6.07, 6.45) is 1.68. The number of carbonyl (C=O) groups is 1. The monoisotopic (exact) mass is 205 g/mol. The van der Waals surface area contributed by atoms with E-state index in [-0.39, 0.29) is 18.5 Å². The summed E-state index contributed by atoms with van der Waals surface area (Å²) in [5.74, 6) is -0.281. The second-order valence-electron chi connectivity index (χ2n) is 3.27. The van der Waals surface area contributed by atoms with E-state index in [0.717, 1.165) is 11.8 Å². The van der Waals surface area contributed by atoms with Crippen LogP contribution in [-0.2, 0) is 16.0 Å². The van der Waals surface area contributed by atoms with Crippen LogP contribution in [-0.4, -0.2) is 18.3 Å². The van der Waals surface area contributed by atoms with Crippen molar-refractivity contribution < 1.29 is 9.53 Å². The molecule has 80 valence electrons. The topological polar surface area (TPSA) is 50.1 Å². The predicted octanol–water partition coefficient (Wildman–Crippen LogP) is 2.20. The van der Waals surface area contributed by atoms with Gasteiger partial charge in [0.2, 0.25) is 0 Å². The fourth-order valence-electron chi connectivity index (χ4n) is 1.21. The van der Waals surface area contributed by atoms with Crippen LogP contribution >= 0.6 is 0 Å². The van der Waals surface area contributed by atoms with Crippen molar-refractivity contribution in [3.05, 3.63) is 35.9 Å². The lowest BCUT2D eigenvalue weighted by molar-refractivity contribution is -0.145. The molecule has 0 aliphatic carbocycles. The standard InChI is InChI=1S/C12H15NO2/c1-2-11(9-13)15-12(14)8-10-6-4-3-5-7-10/h3-7,9,11,13H,2,8H2,1H3. The van der Waals surface area contributed by atoms with Crippen molar-refractivity contribution in [2.45, 2.75) is 25.9 Å². The minimum absolute atomic E-state index is 0.269. The van der Waals surface area contributed by atoms with Gasteiger partial charge < -0.3 is 10.1 Å². The Morgan fingerprint density at radius 2 is 2.13 bits per heavy atom. The average Bonchev–Trinajstić information content (AvgIpc) is 2.27. The van der Waals surface area contributed by atoms with Gasteiger partial charge in [-0.15, -0.1) is 0 Å². The highest BCUT2D eigenvalue weighted by Gasteiger charge is 2.09. The van der Waals surface area contributed by atoms with Gasteiger partial charge >= 0.3 is 5.97 Å². The zero-order valence-corrected chi connectivity index (χ0v) is 8.77. The number of hydrogen-bond donors (Lipinski definition) is 1. The second-order valence-corrected chi connectivity index (χ2v) is 3.27. The van der Waals surface area contributed by atoms with Crippen LogP contribution in [0.3, 0.4) is 0 Å². The first-order valence-corrected chi connectivity index (χ1v) is 5.00. The van der Waals surface area contributed by atoms with E-state index in [1.165, 1.54) is 0 Å². The maximum Gasteiger partial charge on any atom is 0.310 e. The van der Waals surface area contributed by atoms with Crippen molar-refractivity contribution in [1.82, 2.24) is 0 Å². The molecule has 0 radical (unpaired) electrons. The van der Waals surface area contributed by atoms with Gasteiger partial charge in [0.15, 0.2) is 0 Å². The van der Waals surface area contributed by atoms with E-state index in [9.17, 15) is 4.79 Å². The molecule has 0 saturated heterocycles. The fourth-order valence-corrected chi connectivity index (χ4v) is 1.21. The molecule has 0 fully saturated rings. The van der Waals surface area contributed by atoms with Crippen LogP contribution in [0.15, 0.2) is 30.3 Å². The van der Waals surface area contributed by atoms with Crippen LogP contribution in [0.25, 0.3) is 0 Å². The first-order chi connectivity index (χ1) is 7.26. The summed E-state index contributed by atoms with van der Waals surface area (Å²) in [5.41, 5.74) is 0.933. The van der Waals surface area contributed by atoms with E-state index >= 15 is 0 Å². The minimum atomic E-state index is -0.388. The maximum atomic E-state index is 11.4. The number of rotatable bonds is 5. The average molecular weight is 205 g/mol. The van der Waals surface area contributed by atoms with Crippen LogP contribution in [0.4, 0.5) is 0 Å². The lowest BCUT2D eigenvalue weighted by Crippen LogP contribution is -2.19. The van der Waals surface area contributed by atoms with Gasteiger partial charge in [0, 0.05) is 6.21 Å². The van der Waals surface area contributed by atoms with Crippen LogP contribution in [0, 0.1) is 5.41 Å². The summed E-state index contributed by atoms with van der Waals surface area (Å²) in [4.78, 5) is 11.4. The molecule has 1 unspecified atom stereocenters. The highest BCUT2D eigenvalue weighted by atomic mass is 16.5. The number of ether oxygens (including phenoxy) is 1. The molecule has 0 saturated carbocycles. The zero-order valence-electron chi connectivity index (χ0n) is 8.77. The molecular weight excluding hydrogens is 190 g/mol. The lowest BCUT2D eigenvalue weighted by Gasteiger charge is -2.10. The number of benzene rings is 1. The van der Waals surface area contributed by atoms with E-state index in [0.29, 0.717) is 6.42 Å². The third kappa shape index (κ3) is 3.94. The van der Waals surface area contributed by atoms with Crippen molar-refractivity contribution in [2.75, 3.05) is 0 Å². The van der Waals surface area contributed by atoms with E-state index in [1.807, 2.05) is 37.3 Å². The van der Waals surface area contributed by atoms with Crippen LogP contribution in [0.1, 0.15) is 18.9 Å². The predicted molar refractivity (Wildman–Crippen MR) is 59.1 cm³/mol. The summed E-state index contributed by atoms with van der Waals surface area (Å²) in [6.45, 7) is 1.88. The van der Waals surface area contributed by atoms with E-state index in [1.54, 1.807) is 0 Å². The molecule has 3 nitrogen and oxygen atoms in total. The van der Waals surface area contributed by atoms with Crippen molar-refractivity contribution in [2.24, 2.45) is 0 Å². The smallest absolute Gasteiger partial charge is 0.310 e. The number of carbonyl (C=O) groups excluding carboxylic acids is 1. The number of nitrogens with one attached hydrogen (secondary N) is 1. The van der Waals surface area contributed by atoms with Gasteiger partial charge in [-0.05, 0) is 12.0 Å². The summed E-state index contributed by atoms with van der Waals surface area (Å²) >= 11 is 0. The molecule has 1 N–H and O–H groups in total. The maximum absolute atomic E-state index is 11.4. The van der Waals surface area contributed by atoms with E-state index < -0.39 is 0 Å². The molecule has 0 bridgehead atoms. The normalized spacial score (nSPS) is 11.8. The summed E-state index contributed by atoms with van der Waals surface area (Å²) in [6, 6.07) is 9.44. The summed E-state index contributed by atoms with van der Waals surface area (Å²) in [5, 5.41) is 7.03. The second kappa shape index (κ2) is 5.96. The Morgan fingerprint density at radius 1 is 1.47 bits per heavy atom. The molecule has 0 amide bonds. The first kappa shape index (κ1) is 11.4. The molecule has 0 aromatic heterocycles. The molecule has 15 heavy (non-hydrogen) atoms. The Bertz CT molecular complexity index is 322. The Hall–Kier alpha value is -1.64. The van der Waals surface area contributed by atoms with E-state index in [2.05, 4.69) is 0 Å². The summed E-state index contributed by atoms with van der Waals surface area (Å²) < 4.78 is 5.07. The molecule has 1 rings (SSSR count). The molecule has 3 heteroatoms. The van der Waals surface area contributed by atoms with Gasteiger partial charge in [-0.3, -0.25) is 4.79 Å². The molecular formula is C12H15NO2. The Labute approximate surface area is 89.6 Å². The largest absolute Gasteiger partial charge is 0.456 e. The third-order valence-corrected chi connectivity index (χ3v) is 2.06. The van der Waals surface area contributed by atoms with Gasteiger partial charge in [-0.25, -0.2) is 0 Å². The number of esters is 1. The van der Waals surface area contributed by atoms with Gasteiger partial charge in [-0.2, -0.15) is 0 Å². The highest BCUT2D eigenvalue weighted by Crippen LogP contribution is 2.03. The Balaban J connectivity index is 2.46. The molecule has 1 aromatic rings. The molecule has 1 aromatic carbocycles. The quantitative estimate of drug-likeness (QED) is 0.591. The van der Waals surface area contributed by atoms with Crippen LogP contribution in [0.2, 0.25) is 0 Å². The lowest BCUT2D eigenvalue weighted by atomic mass is 10.1. The van der Waals surface area contributed by atoms with Crippen molar-refractivity contribution in [3.8, 4) is 0 Å². The van der Waals surface area contributed by atoms with Crippen molar-refractivity contribution in [1.29, 1.82) is 5.41 Å². The molecule has 0 heterocycles. The first-order valence-electron chi connectivity index (χ1n) is 5.00. The molecule has 0 aliphatic rings. The third-order valence-electron chi connectivity index (χ3n) is 2.06. The Morgan fingerprint density at radius 3 is 2.67 bits per heavy atom. The van der Waals surface area contributed by atoms with Gasteiger partial charge in [0.25, 0.3) is 0 Å². The van der Waals surface area contributed by atoms with Gasteiger partial charge in [0.1, 0.15) is 6.10 Å². The highest BCUT2D eigenvalue weighted by molar-refractivity contribution is 5.75. The van der Waals surface area contributed by atoms with Gasteiger partial charge in [-0.1, -0.05) is 37.3 Å². The molecule has 0 spiro atoms.